The second kappa shape index (κ2) is 13.5. The van der Waals surface area contributed by atoms with Gasteiger partial charge in [0.15, 0.2) is 5.60 Å². The lowest BCUT2D eigenvalue weighted by molar-refractivity contribution is -0.0672. The Bertz CT molecular complexity index is 2130. The van der Waals surface area contributed by atoms with Crippen molar-refractivity contribution in [1.82, 2.24) is 29.7 Å². The summed E-state index contributed by atoms with van der Waals surface area (Å²) in [5, 5.41) is 16.6. The van der Waals surface area contributed by atoms with Gasteiger partial charge in [0.2, 0.25) is 5.95 Å². The predicted molar refractivity (Wildman–Crippen MR) is 202 cm³/mol. The highest BCUT2D eigenvalue weighted by molar-refractivity contribution is 5.97. The summed E-state index contributed by atoms with van der Waals surface area (Å²) in [6.07, 6.45) is 15.4. The molecule has 2 saturated heterocycles. The number of ether oxygens (including phenoxy) is 1. The van der Waals surface area contributed by atoms with Crippen molar-refractivity contribution in [2.24, 2.45) is 7.05 Å². The van der Waals surface area contributed by atoms with Gasteiger partial charge in [-0.3, -0.25) is 4.79 Å². The Hall–Kier alpha value is -4.53. The first-order valence-electron chi connectivity index (χ1n) is 18.3. The van der Waals surface area contributed by atoms with Crippen molar-refractivity contribution in [1.29, 1.82) is 0 Å². The SMILES string of the molecule is C#CCNC1(C)CCN(C2CCN(c3nc([C@](CO)(OC4CC4)c4ccccc4)c4cc(-c5cn(C)c(=O)c6[nH]ccc56)ccc4n3)CC2)CC1. The molecule has 0 bridgehead atoms. The number of terminal acetylenes is 1. The fraction of sp³-hybridized carbons (Fsp3) is 0.439. The van der Waals surface area contributed by atoms with E-state index in [1.807, 2.05) is 48.7 Å². The van der Waals surface area contributed by atoms with Crippen molar-refractivity contribution in [3.05, 3.63) is 88.6 Å². The predicted octanol–water partition coefficient (Wildman–Crippen LogP) is 4.94. The molecular weight excluding hydrogens is 638 g/mol. The topological polar surface area (TPSA) is 112 Å². The lowest BCUT2D eigenvalue weighted by Gasteiger charge is -2.45. The van der Waals surface area contributed by atoms with Crippen molar-refractivity contribution in [2.75, 3.05) is 44.2 Å². The summed E-state index contributed by atoms with van der Waals surface area (Å²) in [5.74, 6) is 3.39. The first-order chi connectivity index (χ1) is 24.8. The minimum Gasteiger partial charge on any atom is -0.393 e. The lowest BCUT2D eigenvalue weighted by Crippen LogP contribution is -2.55. The first kappa shape index (κ1) is 33.6. The fourth-order valence-electron chi connectivity index (χ4n) is 8.13. The molecule has 1 aliphatic carbocycles. The number of hydrogen-bond acceptors (Lipinski definition) is 8. The van der Waals surface area contributed by atoms with Gasteiger partial charge < -0.3 is 34.5 Å². The molecular formula is C41H47N7O3. The average molecular weight is 686 g/mol. The van der Waals surface area contributed by atoms with Crippen LogP contribution in [0.3, 0.4) is 0 Å². The van der Waals surface area contributed by atoms with Crippen molar-refractivity contribution in [3.8, 4) is 23.5 Å². The Kier molecular flexibility index (Phi) is 8.93. The molecule has 3 aromatic heterocycles. The summed E-state index contributed by atoms with van der Waals surface area (Å²) in [6.45, 7) is 6.47. The number of fused-ring (bicyclic) bond motifs is 2. The third kappa shape index (κ3) is 6.33. The maximum atomic E-state index is 12.9. The van der Waals surface area contributed by atoms with Gasteiger partial charge in [-0.15, -0.1) is 6.42 Å². The molecule has 1 atom stereocenters. The number of aliphatic hydroxyl groups excluding tert-OH is 1. The van der Waals surface area contributed by atoms with Gasteiger partial charge in [-0.25, -0.2) is 9.97 Å². The second-order valence-electron chi connectivity index (χ2n) is 14.9. The van der Waals surface area contributed by atoms with E-state index >= 15 is 0 Å². The number of likely N-dealkylation sites (tertiary alicyclic amines) is 1. The van der Waals surface area contributed by atoms with Gasteiger partial charge in [0.05, 0.1) is 30.5 Å². The molecule has 0 amide bonds. The van der Waals surface area contributed by atoms with E-state index in [2.05, 4.69) is 45.1 Å². The number of H-pyrrole nitrogens is 1. The minimum atomic E-state index is -1.18. The van der Waals surface area contributed by atoms with Gasteiger partial charge in [0.1, 0.15) is 5.52 Å². The van der Waals surface area contributed by atoms with E-state index in [1.165, 1.54) is 0 Å². The highest BCUT2D eigenvalue weighted by Crippen LogP contribution is 2.43. The number of aromatic amines is 1. The molecule has 0 radical (unpaired) electrons. The number of rotatable bonds is 10. The molecule has 0 spiro atoms. The van der Waals surface area contributed by atoms with E-state index in [0.717, 1.165) is 97.7 Å². The number of pyridine rings is 1. The number of anilines is 1. The van der Waals surface area contributed by atoms with Gasteiger partial charge in [0.25, 0.3) is 5.56 Å². The van der Waals surface area contributed by atoms with Crippen LogP contribution in [-0.4, -0.2) is 86.5 Å². The molecule has 3 N–H and O–H groups in total. The summed E-state index contributed by atoms with van der Waals surface area (Å²) in [4.78, 5) is 31.5. The van der Waals surface area contributed by atoms with E-state index in [4.69, 9.17) is 21.1 Å². The summed E-state index contributed by atoms with van der Waals surface area (Å²) in [5.41, 5.74) is 3.58. The number of hydrogen-bond donors (Lipinski definition) is 3. The summed E-state index contributed by atoms with van der Waals surface area (Å²) in [7, 11) is 1.77. The number of nitrogens with one attached hydrogen (secondary N) is 2. The second-order valence-corrected chi connectivity index (χ2v) is 14.9. The third-order valence-corrected chi connectivity index (χ3v) is 11.4. The van der Waals surface area contributed by atoms with Crippen molar-refractivity contribution in [2.45, 2.75) is 68.7 Å². The highest BCUT2D eigenvalue weighted by atomic mass is 16.5. The van der Waals surface area contributed by atoms with E-state index < -0.39 is 5.60 Å². The smallest absolute Gasteiger partial charge is 0.274 e. The van der Waals surface area contributed by atoms with Crippen LogP contribution in [0.5, 0.6) is 0 Å². The molecule has 3 fully saturated rings. The standard InChI is InChI=1S/C41H47N7O3/c1-4-19-43-40(2)17-23-47(24-18-40)30-15-21-48(22-16-30)39-44-35-13-10-28(34-26-46(3)38(50)36-32(34)14-20-42-36)25-33(35)37(45-39)41(27-49,51-31-11-12-31)29-8-6-5-7-9-29/h1,5-10,13-14,20,25-26,30-31,42-43,49H,11-12,15-19,21-24,27H2,2-3H3/t41-/m1/s1. The van der Waals surface area contributed by atoms with Crippen LogP contribution in [0.1, 0.15) is 56.7 Å². The molecule has 8 rings (SSSR count). The Labute approximate surface area is 298 Å². The van der Waals surface area contributed by atoms with Gasteiger partial charge in [-0.05, 0) is 74.8 Å². The molecule has 0 unspecified atom stereocenters. The quantitative estimate of drug-likeness (QED) is 0.178. The van der Waals surface area contributed by atoms with Crippen LogP contribution in [-0.2, 0) is 17.4 Å². The Morgan fingerprint density at radius 1 is 1.04 bits per heavy atom. The molecule has 51 heavy (non-hydrogen) atoms. The molecule has 5 heterocycles. The minimum absolute atomic E-state index is 0.0426. The molecule has 10 nitrogen and oxygen atoms in total. The van der Waals surface area contributed by atoms with E-state index in [1.54, 1.807) is 17.8 Å². The van der Waals surface area contributed by atoms with E-state index in [0.29, 0.717) is 29.7 Å². The maximum Gasteiger partial charge on any atom is 0.274 e. The van der Waals surface area contributed by atoms with Gasteiger partial charge in [-0.2, -0.15) is 0 Å². The normalized spacial score (nSPS) is 19.7. The molecule has 3 aliphatic rings. The van der Waals surface area contributed by atoms with Gasteiger partial charge in [-0.1, -0.05) is 42.3 Å². The van der Waals surface area contributed by atoms with Crippen molar-refractivity contribution >= 4 is 27.8 Å². The third-order valence-electron chi connectivity index (χ3n) is 11.4. The number of benzene rings is 2. The molecule has 2 aliphatic heterocycles. The van der Waals surface area contributed by atoms with Crippen molar-refractivity contribution in [3.63, 3.8) is 0 Å². The average Bonchev–Trinajstić information content (AvgIpc) is 3.85. The number of nitrogens with zero attached hydrogens (tertiary/aromatic N) is 5. The largest absolute Gasteiger partial charge is 0.393 e. The Morgan fingerprint density at radius 2 is 1.80 bits per heavy atom. The van der Waals surface area contributed by atoms with Crippen LogP contribution >= 0.6 is 0 Å². The Morgan fingerprint density at radius 3 is 2.51 bits per heavy atom. The number of aryl methyl sites for hydroxylation is 1. The molecule has 10 heteroatoms. The fourth-order valence-corrected chi connectivity index (χ4v) is 8.13. The van der Waals surface area contributed by atoms with Gasteiger partial charge >= 0.3 is 0 Å². The van der Waals surface area contributed by atoms with E-state index in [-0.39, 0.29) is 23.8 Å². The van der Waals surface area contributed by atoms with Crippen LogP contribution in [0.15, 0.2) is 71.8 Å². The molecule has 5 aromatic rings. The van der Waals surface area contributed by atoms with Crippen LogP contribution in [0.4, 0.5) is 5.95 Å². The van der Waals surface area contributed by atoms with Crippen LogP contribution in [0.2, 0.25) is 0 Å². The highest BCUT2D eigenvalue weighted by Gasteiger charge is 2.44. The lowest BCUT2D eigenvalue weighted by atomic mass is 9.87. The number of aromatic nitrogens is 4. The zero-order valence-corrected chi connectivity index (χ0v) is 29.6. The zero-order valence-electron chi connectivity index (χ0n) is 29.6. The van der Waals surface area contributed by atoms with Crippen LogP contribution in [0, 0.1) is 12.3 Å². The van der Waals surface area contributed by atoms with Crippen LogP contribution in [0.25, 0.3) is 32.9 Å². The molecule has 2 aromatic carbocycles. The molecule has 264 valence electrons. The number of aliphatic hydroxyl groups is 1. The first-order valence-corrected chi connectivity index (χ1v) is 18.3. The van der Waals surface area contributed by atoms with Gasteiger partial charge in [0, 0.05) is 73.5 Å². The maximum absolute atomic E-state index is 12.9. The monoisotopic (exact) mass is 685 g/mol. The number of piperidine rings is 2. The summed E-state index contributed by atoms with van der Waals surface area (Å²) in [6, 6.07) is 18.6. The molecule has 1 saturated carbocycles. The Balaban J connectivity index is 1.17. The summed E-state index contributed by atoms with van der Waals surface area (Å²) < 4.78 is 8.48. The summed E-state index contributed by atoms with van der Waals surface area (Å²) >= 11 is 0. The zero-order chi connectivity index (χ0) is 35.2. The van der Waals surface area contributed by atoms with Crippen LogP contribution < -0.4 is 15.8 Å². The van der Waals surface area contributed by atoms with E-state index in [9.17, 15) is 9.90 Å². The van der Waals surface area contributed by atoms with Crippen molar-refractivity contribution < 1.29 is 9.84 Å².